The molecule has 1 heterocycles. The van der Waals surface area contributed by atoms with Crippen LogP contribution in [0.25, 0.3) is 0 Å². The first-order valence-electron chi connectivity index (χ1n) is 5.10. The van der Waals surface area contributed by atoms with Crippen molar-refractivity contribution in [2.75, 3.05) is 5.32 Å². The molecule has 96 valence electrons. The lowest BCUT2D eigenvalue weighted by atomic mass is 10.2. The van der Waals surface area contributed by atoms with Crippen LogP contribution in [0.2, 0.25) is 5.15 Å². The van der Waals surface area contributed by atoms with E-state index in [0.29, 0.717) is 0 Å². The Bertz CT molecular complexity index is 647. The molecule has 0 bridgehead atoms. The second-order valence-corrected chi connectivity index (χ2v) is 3.84. The number of nitro benzene ring substituents is 1. The molecule has 0 radical (unpaired) electrons. The molecule has 2 rings (SSSR count). The van der Waals surface area contributed by atoms with Crippen molar-refractivity contribution in [3.05, 3.63) is 57.6 Å². The van der Waals surface area contributed by atoms with Gasteiger partial charge >= 0.3 is 0 Å². The SMILES string of the molecule is O=C(Nc1ccccc1[N+](=O)[O-])c1cncc(Cl)n1. The van der Waals surface area contributed by atoms with E-state index in [1.165, 1.54) is 30.6 Å². The highest BCUT2D eigenvalue weighted by atomic mass is 35.5. The second kappa shape index (κ2) is 5.40. The Hall–Kier alpha value is -2.54. The number of nitrogens with zero attached hydrogens (tertiary/aromatic N) is 3. The number of nitro groups is 1. The maximum absolute atomic E-state index is 11.8. The van der Waals surface area contributed by atoms with E-state index in [-0.39, 0.29) is 22.2 Å². The first-order chi connectivity index (χ1) is 9.08. The van der Waals surface area contributed by atoms with Crippen molar-refractivity contribution in [2.24, 2.45) is 0 Å². The van der Waals surface area contributed by atoms with Crippen LogP contribution in [0.5, 0.6) is 0 Å². The maximum atomic E-state index is 11.8. The second-order valence-electron chi connectivity index (χ2n) is 3.46. The fourth-order valence-corrected chi connectivity index (χ4v) is 1.52. The van der Waals surface area contributed by atoms with Crippen LogP contribution in [0.4, 0.5) is 11.4 Å². The number of halogens is 1. The Morgan fingerprint density at radius 1 is 1.32 bits per heavy atom. The van der Waals surface area contributed by atoms with Crippen LogP contribution < -0.4 is 5.32 Å². The third-order valence-corrected chi connectivity index (χ3v) is 2.37. The number of para-hydroxylation sites is 2. The molecule has 1 aromatic carbocycles. The van der Waals surface area contributed by atoms with Crippen molar-refractivity contribution >= 4 is 28.9 Å². The normalized spacial score (nSPS) is 9.95. The Morgan fingerprint density at radius 2 is 2.05 bits per heavy atom. The van der Waals surface area contributed by atoms with E-state index >= 15 is 0 Å². The molecule has 0 saturated carbocycles. The van der Waals surface area contributed by atoms with Gasteiger partial charge in [0.15, 0.2) is 0 Å². The Labute approximate surface area is 112 Å². The molecule has 0 aliphatic rings. The van der Waals surface area contributed by atoms with E-state index in [0.717, 1.165) is 0 Å². The minimum Gasteiger partial charge on any atom is -0.315 e. The molecule has 0 spiro atoms. The van der Waals surface area contributed by atoms with Crippen LogP contribution in [-0.2, 0) is 0 Å². The summed E-state index contributed by atoms with van der Waals surface area (Å²) in [5.41, 5.74) is -0.143. The number of anilines is 1. The van der Waals surface area contributed by atoms with Gasteiger partial charge in [-0.3, -0.25) is 19.9 Å². The molecule has 19 heavy (non-hydrogen) atoms. The van der Waals surface area contributed by atoms with Gasteiger partial charge in [0.25, 0.3) is 11.6 Å². The Balaban J connectivity index is 2.27. The zero-order valence-electron chi connectivity index (χ0n) is 9.41. The summed E-state index contributed by atoms with van der Waals surface area (Å²) < 4.78 is 0. The predicted molar refractivity (Wildman–Crippen MR) is 68.1 cm³/mol. The molecule has 0 unspecified atom stereocenters. The molecular formula is C11H7ClN4O3. The lowest BCUT2D eigenvalue weighted by molar-refractivity contribution is -0.383. The summed E-state index contributed by atoms with van der Waals surface area (Å²) in [7, 11) is 0. The van der Waals surface area contributed by atoms with Gasteiger partial charge in [0.05, 0.1) is 17.3 Å². The lowest BCUT2D eigenvalue weighted by Crippen LogP contribution is -2.15. The molecule has 8 heteroatoms. The van der Waals surface area contributed by atoms with Crippen molar-refractivity contribution in [3.63, 3.8) is 0 Å². The number of amides is 1. The van der Waals surface area contributed by atoms with Crippen molar-refractivity contribution < 1.29 is 9.72 Å². The summed E-state index contributed by atoms with van der Waals surface area (Å²) in [6, 6.07) is 5.80. The van der Waals surface area contributed by atoms with E-state index in [9.17, 15) is 14.9 Å². The summed E-state index contributed by atoms with van der Waals surface area (Å²) in [5.74, 6) is -0.621. The molecule has 0 saturated heterocycles. The molecule has 0 aliphatic carbocycles. The third-order valence-electron chi connectivity index (χ3n) is 2.19. The number of aromatic nitrogens is 2. The van der Waals surface area contributed by atoms with Gasteiger partial charge in [0.2, 0.25) is 0 Å². The van der Waals surface area contributed by atoms with Gasteiger partial charge < -0.3 is 5.32 Å². The van der Waals surface area contributed by atoms with Crippen LogP contribution >= 0.6 is 11.6 Å². The topological polar surface area (TPSA) is 98.0 Å². The Kier molecular flexibility index (Phi) is 3.67. The minimum absolute atomic E-state index is 0.0225. The van der Waals surface area contributed by atoms with E-state index in [2.05, 4.69) is 15.3 Å². The standard InChI is InChI=1S/C11H7ClN4O3/c12-10-6-13-5-8(14-10)11(17)15-7-3-1-2-4-9(7)16(18)19/h1-6H,(H,15,17). The minimum atomic E-state index is -0.621. The highest BCUT2D eigenvalue weighted by Gasteiger charge is 2.16. The molecule has 0 atom stereocenters. The summed E-state index contributed by atoms with van der Waals surface area (Å²) in [6.45, 7) is 0. The van der Waals surface area contributed by atoms with Gasteiger partial charge in [-0.2, -0.15) is 0 Å². The summed E-state index contributed by atoms with van der Waals surface area (Å²) in [5, 5.41) is 13.3. The van der Waals surface area contributed by atoms with Gasteiger partial charge in [0.1, 0.15) is 16.5 Å². The van der Waals surface area contributed by atoms with Crippen molar-refractivity contribution in [2.45, 2.75) is 0 Å². The summed E-state index contributed by atoms with van der Waals surface area (Å²) in [6.07, 6.45) is 2.50. The number of hydrogen-bond acceptors (Lipinski definition) is 5. The van der Waals surface area contributed by atoms with Crippen LogP contribution in [0, 0.1) is 10.1 Å². The van der Waals surface area contributed by atoms with E-state index in [4.69, 9.17) is 11.6 Å². The van der Waals surface area contributed by atoms with E-state index in [1.807, 2.05) is 0 Å². The van der Waals surface area contributed by atoms with Gasteiger partial charge in [0, 0.05) is 6.07 Å². The first kappa shape index (κ1) is 12.9. The number of benzene rings is 1. The van der Waals surface area contributed by atoms with Gasteiger partial charge in [-0.15, -0.1) is 0 Å². The number of nitrogens with one attached hydrogen (secondary N) is 1. The maximum Gasteiger partial charge on any atom is 0.292 e. The monoisotopic (exact) mass is 278 g/mol. The Morgan fingerprint density at radius 3 is 2.74 bits per heavy atom. The quantitative estimate of drug-likeness (QED) is 0.686. The fourth-order valence-electron chi connectivity index (χ4n) is 1.38. The molecule has 2 aromatic rings. The number of rotatable bonds is 3. The zero-order valence-corrected chi connectivity index (χ0v) is 10.2. The number of hydrogen-bond donors (Lipinski definition) is 1. The average molecular weight is 279 g/mol. The van der Waals surface area contributed by atoms with Crippen LogP contribution in [0.15, 0.2) is 36.7 Å². The molecule has 0 fully saturated rings. The van der Waals surface area contributed by atoms with Gasteiger partial charge in [-0.1, -0.05) is 23.7 Å². The summed E-state index contributed by atoms with van der Waals surface area (Å²) in [4.78, 5) is 29.5. The van der Waals surface area contributed by atoms with Crippen molar-refractivity contribution in [1.82, 2.24) is 9.97 Å². The number of carbonyl (C=O) groups is 1. The van der Waals surface area contributed by atoms with E-state index < -0.39 is 10.8 Å². The average Bonchev–Trinajstić information content (AvgIpc) is 2.39. The largest absolute Gasteiger partial charge is 0.315 e. The molecule has 1 N–H and O–H groups in total. The smallest absolute Gasteiger partial charge is 0.292 e. The third kappa shape index (κ3) is 3.02. The van der Waals surface area contributed by atoms with Crippen LogP contribution in [0.3, 0.4) is 0 Å². The van der Waals surface area contributed by atoms with Crippen LogP contribution in [0.1, 0.15) is 10.5 Å². The fraction of sp³-hybridized carbons (Fsp3) is 0. The van der Waals surface area contributed by atoms with Gasteiger partial charge in [-0.25, -0.2) is 4.98 Å². The molecule has 0 aliphatic heterocycles. The van der Waals surface area contributed by atoms with Crippen molar-refractivity contribution in [1.29, 1.82) is 0 Å². The van der Waals surface area contributed by atoms with Crippen LogP contribution in [-0.4, -0.2) is 20.8 Å². The zero-order chi connectivity index (χ0) is 13.8. The van der Waals surface area contributed by atoms with Gasteiger partial charge in [-0.05, 0) is 6.07 Å². The van der Waals surface area contributed by atoms with Crippen molar-refractivity contribution in [3.8, 4) is 0 Å². The molecule has 1 amide bonds. The number of carbonyl (C=O) groups excluding carboxylic acids is 1. The highest BCUT2D eigenvalue weighted by Crippen LogP contribution is 2.23. The lowest BCUT2D eigenvalue weighted by Gasteiger charge is -2.04. The predicted octanol–water partition coefficient (Wildman–Crippen LogP) is 2.29. The molecule has 7 nitrogen and oxygen atoms in total. The molecular weight excluding hydrogens is 272 g/mol. The highest BCUT2D eigenvalue weighted by molar-refractivity contribution is 6.29. The first-order valence-corrected chi connectivity index (χ1v) is 5.48. The molecule has 1 aromatic heterocycles. The van der Waals surface area contributed by atoms with E-state index in [1.54, 1.807) is 6.07 Å². The summed E-state index contributed by atoms with van der Waals surface area (Å²) >= 11 is 5.61.